The summed E-state index contributed by atoms with van der Waals surface area (Å²) in [5, 5.41) is 13.5. The van der Waals surface area contributed by atoms with Gasteiger partial charge in [-0.2, -0.15) is 0 Å². The molecule has 0 unspecified atom stereocenters. The molecule has 23 heavy (non-hydrogen) atoms. The van der Waals surface area contributed by atoms with Crippen LogP contribution < -0.4 is 39.9 Å². The minimum atomic E-state index is -3.31. The molecule has 2 nitrogen and oxygen atoms in total. The Hall–Kier alpha value is -1.78. The molecular weight excluding hydrogens is 305 g/mol. The molecule has 0 bridgehead atoms. The van der Waals surface area contributed by atoms with E-state index >= 15 is 0 Å². The summed E-state index contributed by atoms with van der Waals surface area (Å²) < 4.78 is 27.1. The fourth-order valence-corrected chi connectivity index (χ4v) is 5.15. The maximum atomic E-state index is 13.8. The van der Waals surface area contributed by atoms with Gasteiger partial charge < -0.3 is 9.67 Å². The Balaban J connectivity index is 0.00000192. The predicted molar refractivity (Wildman–Crippen MR) is 85.2 cm³/mol. The molecule has 3 aromatic carbocycles. The zero-order valence-corrected chi connectivity index (χ0v) is 13.5. The Morgan fingerprint density at radius 2 is 1.26 bits per heavy atom. The van der Waals surface area contributed by atoms with Crippen molar-refractivity contribution in [2.24, 2.45) is 0 Å². The fourth-order valence-electron chi connectivity index (χ4n) is 2.45. The third-order valence-corrected chi connectivity index (χ3v) is 6.60. The molecule has 3 aromatic rings. The summed E-state index contributed by atoms with van der Waals surface area (Å²) in [6.07, 6.45) is 0. The van der Waals surface area contributed by atoms with Crippen molar-refractivity contribution in [1.82, 2.24) is 0 Å². The van der Waals surface area contributed by atoms with Crippen molar-refractivity contribution >= 4 is 23.1 Å². The van der Waals surface area contributed by atoms with Crippen LogP contribution >= 0.6 is 7.14 Å². The zero-order chi connectivity index (χ0) is 15.6. The molecule has 0 atom stereocenters. The van der Waals surface area contributed by atoms with Crippen molar-refractivity contribution in [3.8, 4) is 5.75 Å². The summed E-state index contributed by atoms with van der Waals surface area (Å²) in [7, 11) is -3.31. The van der Waals surface area contributed by atoms with E-state index in [2.05, 4.69) is 0 Å². The molecule has 0 amide bonds. The quantitative estimate of drug-likeness (QED) is 0.484. The van der Waals surface area contributed by atoms with Crippen LogP contribution in [0, 0.1) is 5.82 Å². The van der Waals surface area contributed by atoms with Gasteiger partial charge in [-0.1, -0.05) is 66.4 Å². The van der Waals surface area contributed by atoms with E-state index in [0.717, 1.165) is 6.07 Å². The van der Waals surface area contributed by atoms with E-state index in [-0.39, 0.29) is 24.2 Å². The van der Waals surface area contributed by atoms with Crippen molar-refractivity contribution in [3.63, 3.8) is 0 Å². The predicted octanol–water partition coefficient (Wildman–Crippen LogP) is -0.457. The van der Waals surface area contributed by atoms with Gasteiger partial charge in [0.05, 0.1) is 0 Å². The largest absolute Gasteiger partial charge is 1.00 e. The van der Waals surface area contributed by atoms with Crippen molar-refractivity contribution < 1.29 is 32.9 Å². The Morgan fingerprint density at radius 1 is 0.783 bits per heavy atom. The van der Waals surface area contributed by atoms with Gasteiger partial charge in [0.2, 0.25) is 0 Å². The van der Waals surface area contributed by atoms with Crippen LogP contribution in [0.25, 0.3) is 0 Å². The number of hydrogen-bond donors (Lipinski definition) is 0. The Morgan fingerprint density at radius 3 is 1.70 bits per heavy atom. The summed E-state index contributed by atoms with van der Waals surface area (Å²) in [5.41, 5.74) is 0. The van der Waals surface area contributed by atoms with Crippen LogP contribution in [0.1, 0.15) is 0 Å². The second kappa shape index (κ2) is 7.19. The van der Waals surface area contributed by atoms with Crippen molar-refractivity contribution in [1.29, 1.82) is 0 Å². The number of halogens is 1. The molecule has 0 aliphatic heterocycles. The topological polar surface area (TPSA) is 40.1 Å². The maximum absolute atomic E-state index is 13.8. The van der Waals surface area contributed by atoms with Gasteiger partial charge in [0.1, 0.15) is 5.82 Å². The minimum absolute atomic E-state index is 0. The van der Waals surface area contributed by atoms with E-state index in [9.17, 15) is 14.1 Å². The first kappa shape index (κ1) is 17.6. The molecule has 0 aliphatic carbocycles. The number of hydrogen-bond acceptors (Lipinski definition) is 2. The van der Waals surface area contributed by atoms with Crippen LogP contribution in [0.4, 0.5) is 4.39 Å². The maximum Gasteiger partial charge on any atom is 1.00 e. The molecule has 0 spiro atoms. The molecule has 0 aromatic heterocycles. The van der Waals surface area contributed by atoms with Crippen molar-refractivity contribution in [2.75, 3.05) is 0 Å². The van der Waals surface area contributed by atoms with Crippen LogP contribution in [0.15, 0.2) is 78.9 Å². The molecule has 0 N–H and O–H groups in total. The molecular formula is C18H13FLiO2P. The second-order valence-corrected chi connectivity index (χ2v) is 7.63. The number of rotatable bonds is 3. The van der Waals surface area contributed by atoms with E-state index in [0.29, 0.717) is 10.6 Å². The van der Waals surface area contributed by atoms with E-state index in [4.69, 9.17) is 0 Å². The third-order valence-electron chi connectivity index (χ3n) is 3.50. The van der Waals surface area contributed by atoms with Gasteiger partial charge in [0, 0.05) is 15.9 Å². The molecule has 0 heterocycles. The summed E-state index contributed by atoms with van der Waals surface area (Å²) in [4.78, 5) is 0. The van der Waals surface area contributed by atoms with Crippen LogP contribution in [-0.4, -0.2) is 0 Å². The summed E-state index contributed by atoms with van der Waals surface area (Å²) >= 11 is 0. The molecule has 0 aliphatic rings. The first-order valence-corrected chi connectivity index (χ1v) is 8.51. The van der Waals surface area contributed by atoms with E-state index in [1.165, 1.54) is 12.1 Å². The third kappa shape index (κ3) is 3.28. The zero-order valence-electron chi connectivity index (χ0n) is 12.6. The Kier molecular flexibility index (Phi) is 5.49. The summed E-state index contributed by atoms with van der Waals surface area (Å²) in [6, 6.07) is 21.1. The van der Waals surface area contributed by atoms with E-state index < -0.39 is 18.7 Å². The molecule has 0 radical (unpaired) electrons. The van der Waals surface area contributed by atoms with Crippen LogP contribution in [0.2, 0.25) is 0 Å². The molecule has 0 saturated heterocycles. The molecule has 0 fully saturated rings. The van der Waals surface area contributed by atoms with Crippen molar-refractivity contribution in [2.45, 2.75) is 0 Å². The standard InChI is InChI=1S/C18H14FO2P.Li/c19-14-11-12-18(17(20)13-14)22(21,15-7-3-1-4-8-15)16-9-5-2-6-10-16;/h1-13,20H;/q;+1/p-1. The Labute approximate surface area is 146 Å². The molecule has 110 valence electrons. The van der Waals surface area contributed by atoms with Crippen LogP contribution in [-0.2, 0) is 4.57 Å². The summed E-state index contributed by atoms with van der Waals surface area (Å²) in [5.74, 6) is -1.17. The molecule has 5 heteroatoms. The van der Waals surface area contributed by atoms with E-state index in [1.807, 2.05) is 12.1 Å². The van der Waals surface area contributed by atoms with Gasteiger partial charge in [-0.15, -0.1) is 0 Å². The van der Waals surface area contributed by atoms with Gasteiger partial charge in [0.25, 0.3) is 0 Å². The Bertz CT molecular complexity index is 795. The van der Waals surface area contributed by atoms with Crippen molar-refractivity contribution in [3.05, 3.63) is 84.7 Å². The minimum Gasteiger partial charge on any atom is -0.872 e. The van der Waals surface area contributed by atoms with Gasteiger partial charge in [0.15, 0.2) is 7.14 Å². The fraction of sp³-hybridized carbons (Fsp3) is 0. The van der Waals surface area contributed by atoms with Gasteiger partial charge in [-0.25, -0.2) is 4.39 Å². The summed E-state index contributed by atoms with van der Waals surface area (Å²) in [6.45, 7) is 0. The number of benzene rings is 3. The van der Waals surface area contributed by atoms with E-state index in [1.54, 1.807) is 48.5 Å². The van der Waals surface area contributed by atoms with Crippen LogP contribution in [0.5, 0.6) is 5.75 Å². The smallest absolute Gasteiger partial charge is 0.872 e. The molecule has 0 saturated carbocycles. The van der Waals surface area contributed by atoms with Crippen LogP contribution in [0.3, 0.4) is 0 Å². The average molecular weight is 318 g/mol. The normalized spacial score (nSPS) is 10.8. The first-order valence-electron chi connectivity index (χ1n) is 6.81. The first-order chi connectivity index (χ1) is 10.6. The molecule has 3 rings (SSSR count). The van der Waals surface area contributed by atoms with Gasteiger partial charge in [-0.05, 0) is 18.2 Å². The SMILES string of the molecule is O=P(c1ccccc1)(c1ccccc1)c1ccc(F)cc1[O-].[Li+]. The van der Waals surface area contributed by atoms with Gasteiger partial charge >= 0.3 is 18.9 Å². The monoisotopic (exact) mass is 318 g/mol. The average Bonchev–Trinajstić information content (AvgIpc) is 2.56. The van der Waals surface area contributed by atoms with Gasteiger partial charge in [-0.3, -0.25) is 0 Å². The second-order valence-electron chi connectivity index (χ2n) is 4.89.